The molecular formula is C14H13NO3S. The molecule has 2 aromatic rings. The monoisotopic (exact) mass is 275 g/mol. The van der Waals surface area contributed by atoms with Gasteiger partial charge in [0.25, 0.3) is 0 Å². The van der Waals surface area contributed by atoms with Crippen LogP contribution < -0.4 is 0 Å². The van der Waals surface area contributed by atoms with Gasteiger partial charge in [-0.25, -0.2) is 9.78 Å². The number of thiazole rings is 1. The van der Waals surface area contributed by atoms with Crippen molar-refractivity contribution in [3.05, 3.63) is 40.4 Å². The molecule has 1 heterocycles. The lowest BCUT2D eigenvalue weighted by Crippen LogP contribution is -2.03. The summed E-state index contributed by atoms with van der Waals surface area (Å²) in [6, 6.07) is 7.85. The van der Waals surface area contributed by atoms with Crippen molar-refractivity contribution < 1.29 is 14.3 Å². The summed E-state index contributed by atoms with van der Waals surface area (Å²) in [5.74, 6) is -0.451. The molecule has 0 aliphatic heterocycles. The van der Waals surface area contributed by atoms with Crippen molar-refractivity contribution in [3.63, 3.8) is 0 Å². The summed E-state index contributed by atoms with van der Waals surface area (Å²) >= 11 is 1.25. The maximum Gasteiger partial charge on any atom is 0.350 e. The van der Waals surface area contributed by atoms with E-state index >= 15 is 0 Å². The van der Waals surface area contributed by atoms with Crippen LogP contribution in [0.1, 0.15) is 20.9 Å². The number of aldehydes is 1. The molecule has 0 aliphatic carbocycles. The van der Waals surface area contributed by atoms with Crippen LogP contribution >= 0.6 is 11.3 Å². The van der Waals surface area contributed by atoms with Gasteiger partial charge in [0.1, 0.15) is 16.2 Å². The fourth-order valence-electron chi connectivity index (χ4n) is 1.64. The van der Waals surface area contributed by atoms with Crippen LogP contribution in [0.25, 0.3) is 10.6 Å². The van der Waals surface area contributed by atoms with Crippen molar-refractivity contribution in [2.45, 2.75) is 13.3 Å². The zero-order chi connectivity index (χ0) is 13.8. The van der Waals surface area contributed by atoms with Crippen molar-refractivity contribution in [2.24, 2.45) is 0 Å². The summed E-state index contributed by atoms with van der Waals surface area (Å²) in [6.07, 6.45) is 0.854. The van der Waals surface area contributed by atoms with Gasteiger partial charge in [0.05, 0.1) is 12.8 Å². The molecule has 98 valence electrons. The van der Waals surface area contributed by atoms with Gasteiger partial charge in [0.15, 0.2) is 0 Å². The highest BCUT2D eigenvalue weighted by Gasteiger charge is 2.18. The minimum atomic E-state index is -0.451. The lowest BCUT2D eigenvalue weighted by molar-refractivity contribution is -0.107. The normalized spacial score (nSPS) is 10.2. The molecule has 2 rings (SSSR count). The number of hydrogen-bond donors (Lipinski definition) is 0. The Labute approximate surface area is 115 Å². The van der Waals surface area contributed by atoms with Crippen LogP contribution in [0.3, 0.4) is 0 Å². The molecule has 5 heteroatoms. The van der Waals surface area contributed by atoms with E-state index in [0.717, 1.165) is 22.4 Å². The molecule has 19 heavy (non-hydrogen) atoms. The topological polar surface area (TPSA) is 56.3 Å². The number of rotatable bonds is 4. The molecule has 0 aliphatic rings. The van der Waals surface area contributed by atoms with Gasteiger partial charge >= 0.3 is 5.97 Å². The molecule has 0 fully saturated rings. The summed E-state index contributed by atoms with van der Waals surface area (Å²) in [5.41, 5.74) is 2.56. The second kappa shape index (κ2) is 5.75. The lowest BCUT2D eigenvalue weighted by atomic mass is 10.2. The van der Waals surface area contributed by atoms with Gasteiger partial charge in [-0.2, -0.15) is 0 Å². The average Bonchev–Trinajstić information content (AvgIpc) is 2.83. The largest absolute Gasteiger partial charge is 0.465 e. The van der Waals surface area contributed by atoms with Crippen molar-refractivity contribution in [1.82, 2.24) is 4.98 Å². The summed E-state index contributed by atoms with van der Waals surface area (Å²) in [5, 5.41) is 0.720. The quantitative estimate of drug-likeness (QED) is 0.636. The van der Waals surface area contributed by atoms with Crippen LogP contribution in [0.2, 0.25) is 0 Å². The lowest BCUT2D eigenvalue weighted by Gasteiger charge is -1.96. The van der Waals surface area contributed by atoms with Gasteiger partial charge < -0.3 is 9.53 Å². The number of carbonyl (C=O) groups is 2. The van der Waals surface area contributed by atoms with Gasteiger partial charge in [-0.1, -0.05) is 29.8 Å². The predicted octanol–water partition coefficient (Wildman–Crippen LogP) is 2.65. The molecule has 0 atom stereocenters. The van der Waals surface area contributed by atoms with Gasteiger partial charge in [-0.15, -0.1) is 11.3 Å². The Morgan fingerprint density at radius 1 is 1.37 bits per heavy atom. The Morgan fingerprint density at radius 2 is 2.05 bits per heavy atom. The highest BCUT2D eigenvalue weighted by atomic mass is 32.1. The molecule has 1 aromatic carbocycles. The maximum atomic E-state index is 11.6. The Bertz CT molecular complexity index is 602. The fraction of sp³-hybridized carbons (Fsp3) is 0.214. The molecule has 0 N–H and O–H groups in total. The van der Waals surface area contributed by atoms with E-state index in [-0.39, 0.29) is 6.42 Å². The molecule has 0 amide bonds. The molecule has 1 aromatic heterocycles. The molecule has 4 nitrogen and oxygen atoms in total. The fourth-order valence-corrected chi connectivity index (χ4v) is 2.66. The van der Waals surface area contributed by atoms with Gasteiger partial charge in [0.2, 0.25) is 0 Å². The van der Waals surface area contributed by atoms with E-state index in [0.29, 0.717) is 10.6 Å². The first-order chi connectivity index (χ1) is 9.15. The number of aryl methyl sites for hydroxylation is 1. The highest BCUT2D eigenvalue weighted by molar-refractivity contribution is 7.17. The van der Waals surface area contributed by atoms with Crippen molar-refractivity contribution in [3.8, 4) is 10.6 Å². The van der Waals surface area contributed by atoms with E-state index in [1.54, 1.807) is 0 Å². The van der Waals surface area contributed by atoms with Crippen molar-refractivity contribution in [1.29, 1.82) is 0 Å². The Balaban J connectivity index is 2.44. The summed E-state index contributed by atoms with van der Waals surface area (Å²) in [4.78, 5) is 27.0. The molecular weight excluding hydrogens is 262 g/mol. The first-order valence-electron chi connectivity index (χ1n) is 5.74. The number of nitrogens with zero attached hydrogens (tertiary/aromatic N) is 1. The molecule has 0 saturated carbocycles. The number of aromatic nitrogens is 1. The number of methoxy groups -OCH3 is 1. The first-order valence-corrected chi connectivity index (χ1v) is 6.56. The first kappa shape index (κ1) is 13.4. The number of esters is 1. The second-order valence-corrected chi connectivity index (χ2v) is 5.02. The zero-order valence-electron chi connectivity index (χ0n) is 10.7. The van der Waals surface area contributed by atoms with E-state index < -0.39 is 5.97 Å². The van der Waals surface area contributed by atoms with Crippen LogP contribution in [-0.2, 0) is 16.0 Å². The number of ether oxygens (including phenoxy) is 1. The van der Waals surface area contributed by atoms with Crippen molar-refractivity contribution in [2.75, 3.05) is 7.11 Å². The van der Waals surface area contributed by atoms with Gasteiger partial charge in [-0.05, 0) is 6.92 Å². The second-order valence-electron chi connectivity index (χ2n) is 4.02. The van der Waals surface area contributed by atoms with E-state index in [9.17, 15) is 9.59 Å². The predicted molar refractivity (Wildman–Crippen MR) is 73.4 cm³/mol. The van der Waals surface area contributed by atoms with E-state index in [1.807, 2.05) is 31.2 Å². The minimum Gasteiger partial charge on any atom is -0.465 e. The SMILES string of the molecule is COC(=O)c1sc(-c2ccc(C)cc2)nc1CC=O. The summed E-state index contributed by atoms with van der Waals surface area (Å²) in [7, 11) is 1.32. The number of benzene rings is 1. The number of carbonyl (C=O) groups excluding carboxylic acids is 2. The van der Waals surface area contributed by atoms with Crippen LogP contribution in [0, 0.1) is 6.92 Å². The molecule has 0 bridgehead atoms. The molecule has 0 spiro atoms. The standard InChI is InChI=1S/C14H13NO3S/c1-9-3-5-10(6-4-9)13-15-11(7-8-16)12(19-13)14(17)18-2/h3-6,8H,7H2,1-2H3. The van der Waals surface area contributed by atoms with Crippen LogP contribution in [0.5, 0.6) is 0 Å². The Hall–Kier alpha value is -2.01. The molecule has 0 radical (unpaired) electrons. The number of hydrogen-bond acceptors (Lipinski definition) is 5. The van der Waals surface area contributed by atoms with E-state index in [1.165, 1.54) is 18.4 Å². The van der Waals surface area contributed by atoms with Crippen molar-refractivity contribution >= 4 is 23.6 Å². The third kappa shape index (κ3) is 2.88. The minimum absolute atomic E-state index is 0.118. The summed E-state index contributed by atoms with van der Waals surface area (Å²) < 4.78 is 4.71. The highest BCUT2D eigenvalue weighted by Crippen LogP contribution is 2.29. The van der Waals surface area contributed by atoms with E-state index in [4.69, 9.17) is 4.74 Å². The van der Waals surface area contributed by atoms with Crippen LogP contribution in [0.4, 0.5) is 0 Å². The smallest absolute Gasteiger partial charge is 0.350 e. The molecule has 0 saturated heterocycles. The Morgan fingerprint density at radius 3 is 2.63 bits per heavy atom. The maximum absolute atomic E-state index is 11.6. The van der Waals surface area contributed by atoms with Gasteiger partial charge in [-0.3, -0.25) is 0 Å². The van der Waals surface area contributed by atoms with Gasteiger partial charge in [0, 0.05) is 12.0 Å². The third-order valence-electron chi connectivity index (χ3n) is 2.64. The average molecular weight is 275 g/mol. The zero-order valence-corrected chi connectivity index (χ0v) is 11.5. The van der Waals surface area contributed by atoms with E-state index in [2.05, 4.69) is 4.98 Å². The Kier molecular flexibility index (Phi) is 4.06. The third-order valence-corrected chi connectivity index (χ3v) is 3.77. The summed E-state index contributed by atoms with van der Waals surface area (Å²) in [6.45, 7) is 2.00. The molecule has 0 unspecified atom stereocenters. The van der Waals surface area contributed by atoms with Crippen LogP contribution in [0.15, 0.2) is 24.3 Å². The van der Waals surface area contributed by atoms with Crippen LogP contribution in [-0.4, -0.2) is 24.3 Å².